The van der Waals surface area contributed by atoms with Crippen molar-refractivity contribution < 1.29 is 14.3 Å². The fourth-order valence-electron chi connectivity index (χ4n) is 3.36. The number of rotatable bonds is 6. The number of aromatic nitrogens is 2. The molecule has 2 heterocycles. The second-order valence-corrected chi connectivity index (χ2v) is 7.82. The average Bonchev–Trinajstić information content (AvgIpc) is 3.22. The fraction of sp³-hybridized carbons (Fsp3) is 0.450. The van der Waals surface area contributed by atoms with E-state index < -0.39 is 0 Å². The van der Waals surface area contributed by atoms with Gasteiger partial charge in [-0.1, -0.05) is 13.3 Å². The zero-order valence-electron chi connectivity index (χ0n) is 15.9. The number of hydrogen-bond donors (Lipinski definition) is 1. The third kappa shape index (κ3) is 4.47. The van der Waals surface area contributed by atoms with Crippen molar-refractivity contribution >= 4 is 34.3 Å². The number of nitrogens with one attached hydrogen (secondary N) is 1. The van der Waals surface area contributed by atoms with Crippen LogP contribution in [0.2, 0.25) is 0 Å². The van der Waals surface area contributed by atoms with Gasteiger partial charge < -0.3 is 10.1 Å². The first-order valence-electron chi connectivity index (χ1n) is 9.31. The Kier molecular flexibility index (Phi) is 6.11. The molecule has 0 bridgehead atoms. The van der Waals surface area contributed by atoms with Gasteiger partial charge in [0.15, 0.2) is 0 Å². The van der Waals surface area contributed by atoms with Gasteiger partial charge in [-0.3, -0.25) is 9.48 Å². The number of esters is 1. The molecule has 1 amide bonds. The maximum Gasteiger partial charge on any atom is 0.341 e. The molecule has 144 valence electrons. The summed E-state index contributed by atoms with van der Waals surface area (Å²) in [5.74, 6) is 0.0201. The molecule has 0 fully saturated rings. The van der Waals surface area contributed by atoms with Crippen LogP contribution in [0.4, 0.5) is 5.00 Å². The molecule has 0 spiro atoms. The maximum atomic E-state index is 12.5. The Morgan fingerprint density at radius 1 is 1.44 bits per heavy atom. The minimum Gasteiger partial charge on any atom is -0.462 e. The van der Waals surface area contributed by atoms with Crippen LogP contribution in [-0.2, 0) is 29.4 Å². The van der Waals surface area contributed by atoms with Gasteiger partial charge in [-0.15, -0.1) is 11.3 Å². The van der Waals surface area contributed by atoms with Gasteiger partial charge in [0, 0.05) is 29.8 Å². The Hall–Kier alpha value is -2.41. The molecule has 2 aromatic heterocycles. The third-order valence-corrected chi connectivity index (χ3v) is 5.98. The van der Waals surface area contributed by atoms with E-state index in [4.69, 9.17) is 4.74 Å². The molecule has 0 radical (unpaired) electrons. The van der Waals surface area contributed by atoms with Crippen molar-refractivity contribution in [2.24, 2.45) is 13.0 Å². The summed E-state index contributed by atoms with van der Waals surface area (Å²) in [4.78, 5) is 26.1. The normalized spacial score (nSPS) is 16.3. The lowest BCUT2D eigenvalue weighted by atomic mass is 9.85. The van der Waals surface area contributed by atoms with Crippen LogP contribution in [0, 0.1) is 5.92 Å². The number of fused-ring (bicyclic) bond motifs is 1. The zero-order valence-corrected chi connectivity index (χ0v) is 16.8. The van der Waals surface area contributed by atoms with E-state index in [0.29, 0.717) is 23.1 Å². The number of carbonyl (C=O) groups excluding carboxylic acids is 2. The molecule has 0 aromatic carbocycles. The van der Waals surface area contributed by atoms with Crippen LogP contribution in [0.1, 0.15) is 53.1 Å². The van der Waals surface area contributed by atoms with Gasteiger partial charge in [0.1, 0.15) is 5.00 Å². The number of aryl methyl sites for hydroxylation is 1. The van der Waals surface area contributed by atoms with E-state index in [1.54, 1.807) is 23.9 Å². The number of anilines is 1. The number of thiophene rings is 1. The van der Waals surface area contributed by atoms with Gasteiger partial charge in [0.25, 0.3) is 0 Å². The monoisotopic (exact) mass is 387 g/mol. The maximum absolute atomic E-state index is 12.5. The van der Waals surface area contributed by atoms with Crippen molar-refractivity contribution in [2.45, 2.75) is 39.5 Å². The van der Waals surface area contributed by atoms with Gasteiger partial charge in [0.2, 0.25) is 5.91 Å². The largest absolute Gasteiger partial charge is 0.462 e. The summed E-state index contributed by atoms with van der Waals surface area (Å²) < 4.78 is 6.92. The lowest BCUT2D eigenvalue weighted by Crippen LogP contribution is -2.16. The number of ether oxygens (including phenoxy) is 1. The Labute approximate surface area is 163 Å². The van der Waals surface area contributed by atoms with Crippen LogP contribution in [0.3, 0.4) is 0 Å². The summed E-state index contributed by atoms with van der Waals surface area (Å²) in [6.45, 7) is 4.30. The summed E-state index contributed by atoms with van der Waals surface area (Å²) in [6.07, 6.45) is 10.7. The van der Waals surface area contributed by atoms with Crippen LogP contribution >= 0.6 is 11.3 Å². The van der Waals surface area contributed by atoms with Crippen molar-refractivity contribution in [3.8, 4) is 0 Å². The number of amides is 1. The van der Waals surface area contributed by atoms with E-state index in [1.807, 2.05) is 13.2 Å². The molecular weight excluding hydrogens is 362 g/mol. The van der Waals surface area contributed by atoms with Gasteiger partial charge in [-0.05, 0) is 43.7 Å². The Bertz CT molecular complexity index is 866. The Morgan fingerprint density at radius 3 is 2.93 bits per heavy atom. The number of nitrogens with zero attached hydrogens (tertiary/aromatic N) is 2. The molecule has 2 aromatic rings. The number of carbonyl (C=O) groups is 2. The molecule has 0 aliphatic heterocycles. The minimum absolute atomic E-state index is 0.268. The van der Waals surface area contributed by atoms with Crippen molar-refractivity contribution in [1.82, 2.24) is 9.78 Å². The van der Waals surface area contributed by atoms with Crippen LogP contribution < -0.4 is 5.32 Å². The highest BCUT2D eigenvalue weighted by molar-refractivity contribution is 7.17. The van der Waals surface area contributed by atoms with E-state index in [-0.39, 0.29) is 11.9 Å². The van der Waals surface area contributed by atoms with Crippen molar-refractivity contribution in [3.05, 3.63) is 40.0 Å². The first-order valence-corrected chi connectivity index (χ1v) is 10.1. The van der Waals surface area contributed by atoms with E-state index in [1.165, 1.54) is 22.3 Å². The molecule has 1 aliphatic carbocycles. The zero-order chi connectivity index (χ0) is 19.4. The van der Waals surface area contributed by atoms with Crippen molar-refractivity contribution in [2.75, 3.05) is 11.9 Å². The quantitative estimate of drug-likeness (QED) is 0.604. The first-order chi connectivity index (χ1) is 13.0. The Morgan fingerprint density at radius 2 is 2.26 bits per heavy atom. The van der Waals surface area contributed by atoms with Gasteiger partial charge in [-0.2, -0.15) is 5.10 Å². The van der Waals surface area contributed by atoms with Gasteiger partial charge >= 0.3 is 5.97 Å². The molecule has 1 N–H and O–H groups in total. The highest BCUT2D eigenvalue weighted by Gasteiger charge is 2.29. The molecule has 0 saturated heterocycles. The minimum atomic E-state index is -0.350. The molecule has 1 atom stereocenters. The predicted octanol–water partition coefficient (Wildman–Crippen LogP) is 3.83. The molecule has 27 heavy (non-hydrogen) atoms. The van der Waals surface area contributed by atoms with Gasteiger partial charge in [0.05, 0.1) is 18.4 Å². The van der Waals surface area contributed by atoms with Crippen molar-refractivity contribution in [1.29, 1.82) is 0 Å². The van der Waals surface area contributed by atoms with E-state index in [2.05, 4.69) is 17.3 Å². The number of hydrogen-bond acceptors (Lipinski definition) is 5. The lowest BCUT2D eigenvalue weighted by molar-refractivity contribution is -0.111. The lowest BCUT2D eigenvalue weighted by Gasteiger charge is -2.20. The second-order valence-electron chi connectivity index (χ2n) is 6.72. The molecule has 6 nitrogen and oxygen atoms in total. The molecular formula is C20H25N3O3S. The molecule has 1 unspecified atom stereocenters. The van der Waals surface area contributed by atoms with Crippen LogP contribution in [0.5, 0.6) is 0 Å². The summed E-state index contributed by atoms with van der Waals surface area (Å²) in [5, 5.41) is 7.55. The second kappa shape index (κ2) is 8.52. The topological polar surface area (TPSA) is 73.2 Å². The van der Waals surface area contributed by atoms with E-state index >= 15 is 0 Å². The van der Waals surface area contributed by atoms with Gasteiger partial charge in [-0.25, -0.2) is 4.79 Å². The predicted molar refractivity (Wildman–Crippen MR) is 107 cm³/mol. The molecule has 0 saturated carbocycles. The standard InChI is InChI=1S/C20H25N3O3S/c1-4-13-6-8-15-16(10-13)27-19(18(15)20(25)26-5-2)22-17(24)9-7-14-11-21-23(3)12-14/h7,9,11-13H,4-6,8,10H2,1-3H3,(H,22,24)/b9-7+. The van der Waals surface area contributed by atoms with Crippen LogP contribution in [0.15, 0.2) is 18.5 Å². The summed E-state index contributed by atoms with van der Waals surface area (Å²) >= 11 is 1.51. The van der Waals surface area contributed by atoms with Crippen LogP contribution in [-0.4, -0.2) is 28.3 Å². The van der Waals surface area contributed by atoms with E-state index in [9.17, 15) is 9.59 Å². The van der Waals surface area contributed by atoms with E-state index in [0.717, 1.165) is 36.8 Å². The molecule has 1 aliphatic rings. The molecule has 7 heteroatoms. The fourth-order valence-corrected chi connectivity index (χ4v) is 4.71. The van der Waals surface area contributed by atoms with Crippen LogP contribution in [0.25, 0.3) is 6.08 Å². The first kappa shape index (κ1) is 19.4. The summed E-state index contributed by atoms with van der Waals surface area (Å²) in [7, 11) is 1.82. The highest BCUT2D eigenvalue weighted by Crippen LogP contribution is 2.40. The highest BCUT2D eigenvalue weighted by atomic mass is 32.1. The molecule has 3 rings (SSSR count). The summed E-state index contributed by atoms with van der Waals surface area (Å²) in [5.41, 5.74) is 2.43. The van der Waals surface area contributed by atoms with Crippen molar-refractivity contribution in [3.63, 3.8) is 0 Å². The third-order valence-electron chi connectivity index (χ3n) is 4.81. The SMILES string of the molecule is CCOC(=O)c1c(NC(=O)/C=C/c2cnn(C)c2)sc2c1CCC(CC)C2. The average molecular weight is 388 g/mol. The smallest absolute Gasteiger partial charge is 0.341 e. The summed E-state index contributed by atoms with van der Waals surface area (Å²) in [6, 6.07) is 0. The Balaban J connectivity index is 1.83.